The van der Waals surface area contributed by atoms with Crippen LogP contribution in [0.2, 0.25) is 0 Å². The molecule has 3 N–H and O–H groups in total. The van der Waals surface area contributed by atoms with Gasteiger partial charge in [0.05, 0.1) is 18.2 Å². The van der Waals surface area contributed by atoms with Gasteiger partial charge in [-0.2, -0.15) is 5.10 Å². The maximum atomic E-state index is 10.7. The van der Waals surface area contributed by atoms with E-state index in [0.29, 0.717) is 17.7 Å². The average molecular weight is 224 g/mol. The van der Waals surface area contributed by atoms with Crippen molar-refractivity contribution < 1.29 is 15.0 Å². The minimum atomic E-state index is -0.925. The lowest BCUT2D eigenvalue weighted by Gasteiger charge is -2.32. The molecule has 5 nitrogen and oxygen atoms in total. The lowest BCUT2D eigenvalue weighted by molar-refractivity contribution is -0.136. The van der Waals surface area contributed by atoms with Crippen LogP contribution in [-0.2, 0) is 17.6 Å². The molecule has 0 saturated carbocycles. The van der Waals surface area contributed by atoms with E-state index in [-0.39, 0.29) is 11.8 Å². The molecule has 1 aromatic rings. The fraction of sp³-hybridized carbons (Fsp3) is 0.636. The van der Waals surface area contributed by atoms with Gasteiger partial charge in [0.25, 0.3) is 0 Å². The van der Waals surface area contributed by atoms with Gasteiger partial charge in [0.1, 0.15) is 0 Å². The number of aliphatic hydroxyl groups excluding tert-OH is 1. The summed E-state index contributed by atoms with van der Waals surface area (Å²) in [5.41, 5.74) is 2.06. The lowest BCUT2D eigenvalue weighted by atomic mass is 9.75. The van der Waals surface area contributed by atoms with Crippen molar-refractivity contribution in [1.29, 1.82) is 0 Å². The van der Waals surface area contributed by atoms with Crippen LogP contribution in [0.5, 0.6) is 0 Å². The molecular weight excluding hydrogens is 208 g/mol. The second kappa shape index (κ2) is 3.59. The van der Waals surface area contributed by atoms with E-state index in [0.717, 1.165) is 12.1 Å². The summed E-state index contributed by atoms with van der Waals surface area (Å²) in [5, 5.41) is 25.6. The fourth-order valence-corrected chi connectivity index (χ4v) is 2.41. The Bertz CT molecular complexity index is 423. The van der Waals surface area contributed by atoms with E-state index in [2.05, 4.69) is 24.0 Å². The molecule has 1 atom stereocenters. The summed E-state index contributed by atoms with van der Waals surface area (Å²) in [4.78, 5) is 10.7. The Labute approximate surface area is 93.5 Å². The van der Waals surface area contributed by atoms with Crippen LogP contribution in [-0.4, -0.2) is 26.4 Å². The van der Waals surface area contributed by atoms with Gasteiger partial charge in [0, 0.05) is 11.3 Å². The predicted molar refractivity (Wildman–Crippen MR) is 57.0 cm³/mol. The van der Waals surface area contributed by atoms with Crippen molar-refractivity contribution in [3.8, 4) is 0 Å². The maximum Gasteiger partial charge on any atom is 0.309 e. The van der Waals surface area contributed by atoms with Gasteiger partial charge in [-0.05, 0) is 18.3 Å². The zero-order chi connectivity index (χ0) is 11.9. The number of aromatic nitrogens is 2. The van der Waals surface area contributed by atoms with Crippen molar-refractivity contribution >= 4 is 5.97 Å². The molecule has 1 unspecified atom stereocenters. The van der Waals surface area contributed by atoms with Crippen molar-refractivity contribution in [3.05, 3.63) is 17.0 Å². The lowest BCUT2D eigenvalue weighted by Crippen LogP contribution is -2.25. The molecule has 1 aliphatic rings. The number of rotatable bonds is 2. The van der Waals surface area contributed by atoms with Crippen LogP contribution in [0.25, 0.3) is 0 Å². The van der Waals surface area contributed by atoms with Crippen LogP contribution < -0.4 is 0 Å². The number of hydrogen-bond acceptors (Lipinski definition) is 3. The molecule has 1 aliphatic carbocycles. The highest BCUT2D eigenvalue weighted by Gasteiger charge is 2.34. The molecule has 1 aromatic heterocycles. The van der Waals surface area contributed by atoms with Gasteiger partial charge in [-0.15, -0.1) is 0 Å². The van der Waals surface area contributed by atoms with Crippen molar-refractivity contribution in [2.75, 3.05) is 0 Å². The Morgan fingerprint density at radius 1 is 1.62 bits per heavy atom. The highest BCUT2D eigenvalue weighted by Crippen LogP contribution is 2.41. The largest absolute Gasteiger partial charge is 0.481 e. The molecule has 0 spiro atoms. The van der Waals surface area contributed by atoms with E-state index >= 15 is 0 Å². The molecule has 0 radical (unpaired) electrons. The second-order valence-electron chi connectivity index (χ2n) is 5.19. The summed E-state index contributed by atoms with van der Waals surface area (Å²) in [6.45, 7) is 4.16. The number of nitrogens with zero attached hydrogens (tertiary/aromatic N) is 1. The van der Waals surface area contributed by atoms with Crippen molar-refractivity contribution in [3.63, 3.8) is 0 Å². The number of fused-ring (bicyclic) bond motifs is 1. The van der Waals surface area contributed by atoms with Gasteiger partial charge in [-0.3, -0.25) is 9.89 Å². The minimum Gasteiger partial charge on any atom is -0.481 e. The van der Waals surface area contributed by atoms with E-state index in [1.807, 2.05) is 0 Å². The van der Waals surface area contributed by atoms with Gasteiger partial charge in [-0.1, -0.05) is 13.8 Å². The Hall–Kier alpha value is -1.36. The summed E-state index contributed by atoms with van der Waals surface area (Å²) in [6.07, 6.45) is 0.702. The van der Waals surface area contributed by atoms with Crippen LogP contribution in [0.15, 0.2) is 0 Å². The molecule has 0 amide bonds. The van der Waals surface area contributed by atoms with E-state index in [1.54, 1.807) is 0 Å². The number of carboxylic acid groups (broad SMARTS) is 1. The fourth-order valence-electron chi connectivity index (χ4n) is 2.41. The first kappa shape index (κ1) is 11.1. The van der Waals surface area contributed by atoms with Crippen LogP contribution in [0.3, 0.4) is 0 Å². The summed E-state index contributed by atoms with van der Waals surface area (Å²) < 4.78 is 0. The number of aliphatic carboxylic acids is 1. The number of aromatic amines is 1. The molecule has 0 fully saturated rings. The van der Waals surface area contributed by atoms with Crippen molar-refractivity contribution in [1.82, 2.24) is 10.2 Å². The van der Waals surface area contributed by atoms with E-state index in [4.69, 9.17) is 5.11 Å². The average Bonchev–Trinajstić information content (AvgIpc) is 2.44. The smallest absolute Gasteiger partial charge is 0.309 e. The molecule has 1 heterocycles. The maximum absolute atomic E-state index is 10.7. The summed E-state index contributed by atoms with van der Waals surface area (Å²) in [7, 11) is 0. The molecule has 0 aromatic carbocycles. The quantitative estimate of drug-likeness (QED) is 0.700. The number of H-pyrrole nitrogens is 1. The molecule has 2 rings (SSSR count). The molecule has 88 valence electrons. The number of carbonyl (C=O) groups is 1. The molecule has 16 heavy (non-hydrogen) atoms. The van der Waals surface area contributed by atoms with Crippen molar-refractivity contribution in [2.24, 2.45) is 5.41 Å². The van der Waals surface area contributed by atoms with Crippen LogP contribution in [0.1, 0.15) is 43.3 Å². The highest BCUT2D eigenvalue weighted by atomic mass is 16.4. The van der Waals surface area contributed by atoms with Crippen LogP contribution >= 0.6 is 0 Å². The zero-order valence-corrected chi connectivity index (χ0v) is 9.45. The van der Waals surface area contributed by atoms with E-state index in [1.165, 1.54) is 0 Å². The van der Waals surface area contributed by atoms with Gasteiger partial charge in [0.2, 0.25) is 0 Å². The Balaban J connectivity index is 2.35. The minimum absolute atomic E-state index is 0.0272. The van der Waals surface area contributed by atoms with Crippen LogP contribution in [0, 0.1) is 5.41 Å². The third kappa shape index (κ3) is 1.95. The Morgan fingerprint density at radius 2 is 2.31 bits per heavy atom. The SMILES string of the molecule is CC1(C)Cc2[nH]nc(CC(=O)O)c2C(O)C1. The number of hydrogen-bond donors (Lipinski definition) is 3. The Kier molecular flexibility index (Phi) is 2.50. The van der Waals surface area contributed by atoms with Crippen LogP contribution in [0.4, 0.5) is 0 Å². The number of carboxylic acids is 1. The standard InChI is InChI=1S/C11H16N2O3/c1-11(2)4-7-10(8(14)5-11)6(12-13-7)3-9(15)16/h8,14H,3-5H2,1-2H3,(H,12,13)(H,15,16). The van der Waals surface area contributed by atoms with Gasteiger partial charge >= 0.3 is 5.97 Å². The number of aliphatic hydroxyl groups is 1. The first-order valence-corrected chi connectivity index (χ1v) is 5.35. The van der Waals surface area contributed by atoms with E-state index in [9.17, 15) is 9.90 Å². The summed E-state index contributed by atoms with van der Waals surface area (Å²) in [5.74, 6) is -0.925. The highest BCUT2D eigenvalue weighted by molar-refractivity contribution is 5.70. The molecule has 5 heteroatoms. The summed E-state index contributed by atoms with van der Waals surface area (Å²) in [6, 6.07) is 0. The third-order valence-electron chi connectivity index (χ3n) is 3.01. The second-order valence-corrected chi connectivity index (χ2v) is 5.19. The molecule has 0 saturated heterocycles. The normalized spacial score (nSPS) is 22.8. The van der Waals surface area contributed by atoms with Gasteiger partial charge in [-0.25, -0.2) is 0 Å². The predicted octanol–water partition coefficient (Wildman–Crippen LogP) is 1.04. The molecule has 0 aliphatic heterocycles. The number of nitrogens with one attached hydrogen (secondary N) is 1. The monoisotopic (exact) mass is 224 g/mol. The topological polar surface area (TPSA) is 86.2 Å². The zero-order valence-electron chi connectivity index (χ0n) is 9.45. The first-order valence-electron chi connectivity index (χ1n) is 5.35. The van der Waals surface area contributed by atoms with Gasteiger partial charge < -0.3 is 10.2 Å². The molecular formula is C11H16N2O3. The van der Waals surface area contributed by atoms with Crippen molar-refractivity contribution in [2.45, 2.75) is 39.2 Å². The Morgan fingerprint density at radius 3 is 2.94 bits per heavy atom. The van der Waals surface area contributed by atoms with Gasteiger partial charge in [0.15, 0.2) is 0 Å². The molecule has 0 bridgehead atoms. The van der Waals surface area contributed by atoms with E-state index < -0.39 is 12.1 Å². The third-order valence-corrected chi connectivity index (χ3v) is 3.01. The first-order chi connectivity index (χ1) is 7.39. The summed E-state index contributed by atoms with van der Waals surface area (Å²) >= 11 is 0.